The minimum absolute atomic E-state index is 0.0150. The Morgan fingerprint density at radius 2 is 1.92 bits per heavy atom. The largest absolute Gasteiger partial charge is 0.482 e. The molecule has 5 heteroatoms. The first kappa shape index (κ1) is 17.8. The van der Waals surface area contributed by atoms with Crippen LogP contribution in [0, 0.1) is 0 Å². The van der Waals surface area contributed by atoms with Crippen molar-refractivity contribution in [1.82, 2.24) is 10.2 Å². The highest BCUT2D eigenvalue weighted by atomic mass is 35.5. The molecule has 1 fully saturated rings. The lowest BCUT2D eigenvalue weighted by atomic mass is 10.0. The summed E-state index contributed by atoms with van der Waals surface area (Å²) >= 11 is 6.03. The predicted molar refractivity (Wildman–Crippen MR) is 99.8 cm³/mol. The maximum absolute atomic E-state index is 12.2. The Labute approximate surface area is 153 Å². The van der Waals surface area contributed by atoms with Crippen LogP contribution < -0.4 is 10.1 Å². The van der Waals surface area contributed by atoms with Crippen molar-refractivity contribution in [3.05, 3.63) is 65.2 Å². The van der Waals surface area contributed by atoms with Crippen molar-refractivity contribution < 1.29 is 9.53 Å². The highest BCUT2D eigenvalue weighted by Crippen LogP contribution is 2.22. The van der Waals surface area contributed by atoms with Crippen molar-refractivity contribution >= 4 is 17.5 Å². The van der Waals surface area contributed by atoms with Gasteiger partial charge in [0.05, 0.1) is 5.02 Å². The number of hydrogen-bond acceptors (Lipinski definition) is 3. The van der Waals surface area contributed by atoms with Crippen LogP contribution in [0.3, 0.4) is 0 Å². The number of halogens is 1. The van der Waals surface area contributed by atoms with Crippen LogP contribution in [0.5, 0.6) is 5.75 Å². The standard InChI is InChI=1S/C20H23ClN2O2/c21-18-10-4-5-11-19(18)25-15-20(24)22-17-9-6-12-23(14-17)13-16-7-2-1-3-8-16/h1-5,7-8,10-11,17H,6,9,12-15H2,(H,22,24)/t17-/m0/s1. The molecule has 25 heavy (non-hydrogen) atoms. The summed E-state index contributed by atoms with van der Waals surface area (Å²) in [6.07, 6.45) is 2.09. The number of likely N-dealkylation sites (tertiary alicyclic amines) is 1. The minimum Gasteiger partial charge on any atom is -0.482 e. The van der Waals surface area contributed by atoms with Gasteiger partial charge in [0.25, 0.3) is 5.91 Å². The number of amides is 1. The molecule has 3 rings (SSSR count). The molecule has 2 aromatic rings. The molecular weight excluding hydrogens is 336 g/mol. The highest BCUT2D eigenvalue weighted by molar-refractivity contribution is 6.32. The molecule has 1 heterocycles. The van der Waals surface area contributed by atoms with Crippen LogP contribution in [0.1, 0.15) is 18.4 Å². The van der Waals surface area contributed by atoms with Crippen LogP contribution in [0.2, 0.25) is 5.02 Å². The lowest BCUT2D eigenvalue weighted by molar-refractivity contribution is -0.124. The molecule has 1 N–H and O–H groups in total. The van der Waals surface area contributed by atoms with Crippen LogP contribution in [0.25, 0.3) is 0 Å². The average Bonchev–Trinajstić information content (AvgIpc) is 2.62. The summed E-state index contributed by atoms with van der Waals surface area (Å²) in [5.41, 5.74) is 1.30. The third-order valence-corrected chi connectivity index (χ3v) is 4.63. The summed E-state index contributed by atoms with van der Waals surface area (Å²) < 4.78 is 5.51. The van der Waals surface area contributed by atoms with Gasteiger partial charge in [-0.2, -0.15) is 0 Å². The van der Waals surface area contributed by atoms with Gasteiger partial charge in [-0.25, -0.2) is 0 Å². The van der Waals surface area contributed by atoms with Crippen LogP contribution >= 0.6 is 11.6 Å². The zero-order chi connectivity index (χ0) is 17.5. The number of nitrogens with zero attached hydrogens (tertiary/aromatic N) is 1. The van der Waals surface area contributed by atoms with Gasteiger partial charge in [0.15, 0.2) is 6.61 Å². The Morgan fingerprint density at radius 1 is 1.16 bits per heavy atom. The van der Waals surface area contributed by atoms with Gasteiger partial charge in [-0.05, 0) is 37.1 Å². The molecule has 0 aliphatic carbocycles. The molecule has 0 unspecified atom stereocenters. The first-order chi connectivity index (χ1) is 12.2. The lowest BCUT2D eigenvalue weighted by Gasteiger charge is -2.33. The Hall–Kier alpha value is -2.04. The van der Waals surface area contributed by atoms with Crippen molar-refractivity contribution in [2.75, 3.05) is 19.7 Å². The molecule has 1 atom stereocenters. The van der Waals surface area contributed by atoms with Gasteiger partial charge >= 0.3 is 0 Å². The summed E-state index contributed by atoms with van der Waals surface area (Å²) in [6.45, 7) is 2.84. The van der Waals surface area contributed by atoms with Gasteiger partial charge in [0, 0.05) is 19.1 Å². The summed E-state index contributed by atoms with van der Waals surface area (Å²) in [7, 11) is 0. The molecule has 4 nitrogen and oxygen atoms in total. The summed E-state index contributed by atoms with van der Waals surface area (Å²) in [6, 6.07) is 17.8. The Bertz CT molecular complexity index is 693. The zero-order valence-corrected chi connectivity index (χ0v) is 14.9. The van der Waals surface area contributed by atoms with Crippen LogP contribution in [-0.4, -0.2) is 36.5 Å². The molecule has 0 spiro atoms. The minimum atomic E-state index is -0.105. The van der Waals surface area contributed by atoms with Gasteiger partial charge in [0.1, 0.15) is 5.75 Å². The molecule has 0 bridgehead atoms. The Balaban J connectivity index is 1.45. The van der Waals surface area contributed by atoms with Gasteiger partial charge in [0.2, 0.25) is 0 Å². The van der Waals surface area contributed by atoms with E-state index in [9.17, 15) is 4.79 Å². The SMILES string of the molecule is O=C(COc1ccccc1Cl)N[C@H]1CCCN(Cc2ccccc2)C1. The van der Waals surface area contributed by atoms with Crippen LogP contribution in [0.15, 0.2) is 54.6 Å². The molecule has 1 aliphatic rings. The Morgan fingerprint density at radius 3 is 2.72 bits per heavy atom. The summed E-state index contributed by atoms with van der Waals surface area (Å²) in [5, 5.41) is 3.59. The molecule has 0 aromatic heterocycles. The van der Waals surface area contributed by atoms with Gasteiger partial charge in [-0.1, -0.05) is 54.1 Å². The normalized spacial score (nSPS) is 17.9. The maximum Gasteiger partial charge on any atom is 0.258 e. The summed E-state index contributed by atoms with van der Waals surface area (Å²) in [5.74, 6) is 0.431. The first-order valence-electron chi connectivity index (χ1n) is 8.63. The molecule has 2 aromatic carbocycles. The third kappa shape index (κ3) is 5.48. The topological polar surface area (TPSA) is 41.6 Å². The van der Waals surface area contributed by atoms with E-state index in [1.54, 1.807) is 12.1 Å². The number of benzene rings is 2. The van der Waals surface area contributed by atoms with E-state index in [2.05, 4.69) is 34.5 Å². The van der Waals surface area contributed by atoms with Crippen LogP contribution in [0.4, 0.5) is 0 Å². The van der Waals surface area contributed by atoms with E-state index in [0.29, 0.717) is 10.8 Å². The fraction of sp³-hybridized carbons (Fsp3) is 0.350. The van der Waals surface area contributed by atoms with E-state index in [-0.39, 0.29) is 18.6 Å². The fourth-order valence-electron chi connectivity index (χ4n) is 3.13. The molecule has 0 saturated carbocycles. The fourth-order valence-corrected chi connectivity index (χ4v) is 3.32. The molecule has 132 valence electrons. The molecule has 1 aliphatic heterocycles. The quantitative estimate of drug-likeness (QED) is 0.859. The molecule has 0 radical (unpaired) electrons. The third-order valence-electron chi connectivity index (χ3n) is 4.32. The van der Waals surface area contributed by atoms with Crippen LogP contribution in [-0.2, 0) is 11.3 Å². The molecule has 1 amide bonds. The summed E-state index contributed by atoms with van der Waals surface area (Å²) in [4.78, 5) is 14.6. The second-order valence-electron chi connectivity index (χ2n) is 6.35. The number of rotatable bonds is 6. The van der Waals surface area contributed by atoms with Gasteiger partial charge in [-0.3, -0.25) is 9.69 Å². The first-order valence-corrected chi connectivity index (χ1v) is 9.01. The van der Waals surface area contributed by atoms with E-state index < -0.39 is 0 Å². The monoisotopic (exact) mass is 358 g/mol. The molecular formula is C20H23ClN2O2. The Kier molecular flexibility index (Phi) is 6.31. The predicted octanol–water partition coefficient (Wildman–Crippen LogP) is 3.50. The van der Waals surface area contributed by atoms with E-state index in [0.717, 1.165) is 32.5 Å². The number of piperidine rings is 1. The second kappa shape index (κ2) is 8.88. The number of nitrogens with one attached hydrogen (secondary N) is 1. The second-order valence-corrected chi connectivity index (χ2v) is 6.75. The average molecular weight is 359 g/mol. The van der Waals surface area contributed by atoms with Gasteiger partial charge in [-0.15, -0.1) is 0 Å². The number of carbonyl (C=O) groups excluding carboxylic acids is 1. The number of ether oxygens (including phenoxy) is 1. The molecule has 1 saturated heterocycles. The smallest absolute Gasteiger partial charge is 0.258 e. The maximum atomic E-state index is 12.2. The number of carbonyl (C=O) groups is 1. The van der Waals surface area contributed by atoms with Gasteiger partial charge < -0.3 is 10.1 Å². The van der Waals surface area contributed by atoms with E-state index >= 15 is 0 Å². The van der Waals surface area contributed by atoms with Crippen molar-refractivity contribution in [1.29, 1.82) is 0 Å². The van der Waals surface area contributed by atoms with E-state index in [4.69, 9.17) is 16.3 Å². The van der Waals surface area contributed by atoms with Crippen molar-refractivity contribution in [2.45, 2.75) is 25.4 Å². The van der Waals surface area contributed by atoms with E-state index in [1.807, 2.05) is 18.2 Å². The van der Waals surface area contributed by atoms with Crippen molar-refractivity contribution in [3.8, 4) is 5.75 Å². The van der Waals surface area contributed by atoms with Crippen molar-refractivity contribution in [2.24, 2.45) is 0 Å². The van der Waals surface area contributed by atoms with E-state index in [1.165, 1.54) is 5.56 Å². The number of para-hydroxylation sites is 1. The van der Waals surface area contributed by atoms with Crippen molar-refractivity contribution in [3.63, 3.8) is 0 Å². The zero-order valence-electron chi connectivity index (χ0n) is 14.2. The highest BCUT2D eigenvalue weighted by Gasteiger charge is 2.21. The lowest BCUT2D eigenvalue weighted by Crippen LogP contribution is -2.48. The number of hydrogen-bond donors (Lipinski definition) is 1.